The molecule has 1 amide bonds. The quantitative estimate of drug-likeness (QED) is 0.397. The second kappa shape index (κ2) is 6.64. The third kappa shape index (κ3) is 2.84. The second-order valence-corrected chi connectivity index (χ2v) is 8.83. The van der Waals surface area contributed by atoms with Crippen LogP contribution in [0.1, 0.15) is 39.0 Å². The molecule has 7 heteroatoms. The van der Waals surface area contributed by atoms with E-state index in [-0.39, 0.29) is 17.1 Å². The van der Waals surface area contributed by atoms with E-state index in [2.05, 4.69) is 20.9 Å². The second-order valence-electron chi connectivity index (χ2n) is 7.07. The molecule has 4 aromatic rings. The fourth-order valence-electron chi connectivity index (χ4n) is 3.66. The highest BCUT2D eigenvalue weighted by molar-refractivity contribution is 9.10. The fourth-order valence-corrected chi connectivity index (χ4v) is 4.85. The molecule has 5 nitrogen and oxygen atoms in total. The molecule has 0 saturated carbocycles. The van der Waals surface area contributed by atoms with Crippen LogP contribution in [0.5, 0.6) is 0 Å². The standard InChI is InChI=1S/C22H15BrN2O3S/c1-11-3-5-13(6-4-11)18-17-19(26)15-9-14(23)7-8-16(15)28-20(17)21(27)25(18)22-24-12(2)10-29-22/h3-10,18H,1-2H3. The van der Waals surface area contributed by atoms with Gasteiger partial charge in [0.15, 0.2) is 10.6 Å². The van der Waals surface area contributed by atoms with Gasteiger partial charge < -0.3 is 4.42 Å². The maximum Gasteiger partial charge on any atom is 0.297 e. The first-order valence-corrected chi connectivity index (χ1v) is 10.7. The van der Waals surface area contributed by atoms with Gasteiger partial charge in [0.25, 0.3) is 5.91 Å². The largest absolute Gasteiger partial charge is 0.450 e. The molecule has 0 spiro atoms. The van der Waals surface area contributed by atoms with Crippen molar-refractivity contribution >= 4 is 49.3 Å². The van der Waals surface area contributed by atoms with Gasteiger partial charge in [-0.3, -0.25) is 14.5 Å². The van der Waals surface area contributed by atoms with Crippen molar-refractivity contribution in [2.24, 2.45) is 0 Å². The van der Waals surface area contributed by atoms with Gasteiger partial charge in [0.05, 0.1) is 22.7 Å². The van der Waals surface area contributed by atoms with Crippen molar-refractivity contribution in [3.05, 3.63) is 90.7 Å². The van der Waals surface area contributed by atoms with E-state index in [1.165, 1.54) is 11.3 Å². The van der Waals surface area contributed by atoms with Crippen molar-refractivity contribution in [2.75, 3.05) is 4.90 Å². The Balaban J connectivity index is 1.83. The highest BCUT2D eigenvalue weighted by Crippen LogP contribution is 2.42. The zero-order valence-electron chi connectivity index (χ0n) is 15.6. The predicted octanol–water partition coefficient (Wildman–Crippen LogP) is 5.38. The number of aryl methyl sites for hydroxylation is 2. The SMILES string of the molecule is Cc1ccc(C2c3c(oc4ccc(Br)cc4c3=O)C(=O)N2c2nc(C)cs2)cc1. The van der Waals surface area contributed by atoms with Gasteiger partial charge >= 0.3 is 0 Å². The molecule has 1 aliphatic heterocycles. The number of halogens is 1. The molecule has 1 atom stereocenters. The van der Waals surface area contributed by atoms with Crippen molar-refractivity contribution in [1.29, 1.82) is 0 Å². The van der Waals surface area contributed by atoms with Gasteiger partial charge in [-0.05, 0) is 37.6 Å². The number of rotatable bonds is 2. The summed E-state index contributed by atoms with van der Waals surface area (Å²) < 4.78 is 6.73. The summed E-state index contributed by atoms with van der Waals surface area (Å²) in [7, 11) is 0. The van der Waals surface area contributed by atoms with E-state index >= 15 is 0 Å². The monoisotopic (exact) mass is 466 g/mol. The van der Waals surface area contributed by atoms with Crippen molar-refractivity contribution in [2.45, 2.75) is 19.9 Å². The van der Waals surface area contributed by atoms with Crippen LogP contribution in [0.15, 0.2) is 61.5 Å². The number of amides is 1. The number of carbonyl (C=O) groups is 1. The predicted molar refractivity (Wildman–Crippen MR) is 117 cm³/mol. The van der Waals surface area contributed by atoms with Crippen molar-refractivity contribution in [3.8, 4) is 0 Å². The highest BCUT2D eigenvalue weighted by atomic mass is 79.9. The molecule has 144 valence electrons. The number of nitrogens with zero attached hydrogens (tertiary/aromatic N) is 2. The lowest BCUT2D eigenvalue weighted by Crippen LogP contribution is -2.29. The number of hydrogen-bond acceptors (Lipinski definition) is 5. The molecule has 29 heavy (non-hydrogen) atoms. The molecule has 0 bridgehead atoms. The first-order valence-electron chi connectivity index (χ1n) is 9.02. The Labute approximate surface area is 178 Å². The third-order valence-corrected chi connectivity index (χ3v) is 6.49. The molecule has 0 N–H and O–H groups in total. The molecule has 0 fully saturated rings. The minimum Gasteiger partial charge on any atom is -0.450 e. The molecule has 1 aliphatic rings. The Morgan fingerprint density at radius 3 is 2.55 bits per heavy atom. The number of thiazole rings is 1. The smallest absolute Gasteiger partial charge is 0.297 e. The summed E-state index contributed by atoms with van der Waals surface area (Å²) >= 11 is 4.79. The topological polar surface area (TPSA) is 63.4 Å². The van der Waals surface area contributed by atoms with E-state index in [1.807, 2.05) is 43.5 Å². The first kappa shape index (κ1) is 18.3. The van der Waals surface area contributed by atoms with Crippen LogP contribution in [0.4, 0.5) is 5.13 Å². The third-order valence-electron chi connectivity index (χ3n) is 5.04. The molecule has 0 aliphatic carbocycles. The van der Waals surface area contributed by atoms with Crippen LogP contribution in [-0.4, -0.2) is 10.9 Å². The summed E-state index contributed by atoms with van der Waals surface area (Å²) in [4.78, 5) is 32.9. The van der Waals surface area contributed by atoms with Gasteiger partial charge in [-0.1, -0.05) is 45.8 Å². The van der Waals surface area contributed by atoms with E-state index < -0.39 is 6.04 Å². The first-order chi connectivity index (χ1) is 13.9. The summed E-state index contributed by atoms with van der Waals surface area (Å²) in [5.41, 5.74) is 3.33. The minimum atomic E-state index is -0.580. The van der Waals surface area contributed by atoms with Gasteiger partial charge in [-0.2, -0.15) is 0 Å². The van der Waals surface area contributed by atoms with Gasteiger partial charge in [-0.25, -0.2) is 4.98 Å². The number of hydrogen-bond donors (Lipinski definition) is 0. The number of anilines is 1. The summed E-state index contributed by atoms with van der Waals surface area (Å²) in [6, 6.07) is 12.5. The maximum atomic E-state index is 13.5. The van der Waals surface area contributed by atoms with E-state index in [9.17, 15) is 9.59 Å². The van der Waals surface area contributed by atoms with Crippen molar-refractivity contribution in [1.82, 2.24) is 4.98 Å². The average molecular weight is 467 g/mol. The maximum absolute atomic E-state index is 13.5. The normalized spacial score (nSPS) is 15.9. The minimum absolute atomic E-state index is 0.0863. The van der Waals surface area contributed by atoms with E-state index in [4.69, 9.17) is 4.42 Å². The fraction of sp³-hybridized carbons (Fsp3) is 0.136. The highest BCUT2D eigenvalue weighted by Gasteiger charge is 2.44. The van der Waals surface area contributed by atoms with Gasteiger partial charge in [-0.15, -0.1) is 11.3 Å². The van der Waals surface area contributed by atoms with Crippen LogP contribution in [0.2, 0.25) is 0 Å². The number of aromatic nitrogens is 1. The summed E-state index contributed by atoms with van der Waals surface area (Å²) in [5.74, 6) is -0.259. The zero-order chi connectivity index (χ0) is 20.3. The lowest BCUT2D eigenvalue weighted by Gasteiger charge is -2.22. The van der Waals surface area contributed by atoms with E-state index in [1.54, 1.807) is 23.1 Å². The summed E-state index contributed by atoms with van der Waals surface area (Å²) in [6.45, 7) is 3.88. The summed E-state index contributed by atoms with van der Waals surface area (Å²) in [5, 5.41) is 2.88. The Morgan fingerprint density at radius 1 is 1.10 bits per heavy atom. The van der Waals surface area contributed by atoms with Crippen molar-refractivity contribution in [3.63, 3.8) is 0 Å². The average Bonchev–Trinajstić information content (AvgIpc) is 3.25. The zero-order valence-corrected chi connectivity index (χ0v) is 18.0. The number of fused-ring (bicyclic) bond motifs is 2. The Morgan fingerprint density at radius 2 is 1.86 bits per heavy atom. The van der Waals surface area contributed by atoms with Crippen LogP contribution < -0.4 is 10.3 Å². The van der Waals surface area contributed by atoms with Gasteiger partial charge in [0, 0.05) is 9.85 Å². The van der Waals surface area contributed by atoms with Crippen LogP contribution in [0.25, 0.3) is 11.0 Å². The lowest BCUT2D eigenvalue weighted by atomic mass is 9.98. The summed E-state index contributed by atoms with van der Waals surface area (Å²) in [6.07, 6.45) is 0. The molecule has 0 saturated heterocycles. The van der Waals surface area contributed by atoms with Crippen molar-refractivity contribution < 1.29 is 9.21 Å². The Hall–Kier alpha value is -2.77. The van der Waals surface area contributed by atoms with Gasteiger partial charge in [0.1, 0.15) is 5.58 Å². The van der Waals surface area contributed by atoms with E-state index in [0.717, 1.165) is 21.3 Å². The molecule has 5 rings (SSSR count). The molecule has 3 heterocycles. The van der Waals surface area contributed by atoms with Crippen LogP contribution >= 0.6 is 27.3 Å². The molecule has 0 radical (unpaired) electrons. The Bertz CT molecular complexity index is 1340. The molecule has 2 aromatic heterocycles. The van der Waals surface area contributed by atoms with Gasteiger partial charge in [0.2, 0.25) is 5.76 Å². The molecular formula is C22H15BrN2O3S. The molecule has 1 unspecified atom stereocenters. The van der Waals surface area contributed by atoms with Crippen LogP contribution in [0.3, 0.4) is 0 Å². The number of carbonyl (C=O) groups excluding carboxylic acids is 1. The lowest BCUT2D eigenvalue weighted by molar-refractivity contribution is 0.0971. The molecule has 2 aromatic carbocycles. The van der Waals surface area contributed by atoms with Crippen LogP contribution in [-0.2, 0) is 0 Å². The number of benzene rings is 2. The Kier molecular flexibility index (Phi) is 4.18. The molecular weight excluding hydrogens is 452 g/mol. The van der Waals surface area contributed by atoms with Crippen LogP contribution in [0, 0.1) is 13.8 Å². The van der Waals surface area contributed by atoms with E-state index in [0.29, 0.717) is 21.7 Å².